The van der Waals surface area contributed by atoms with Gasteiger partial charge in [-0.3, -0.25) is 10.1 Å². The Hall–Kier alpha value is -1.62. The molecule has 1 aromatic carbocycles. The van der Waals surface area contributed by atoms with Crippen molar-refractivity contribution in [3.05, 3.63) is 33.9 Å². The lowest BCUT2D eigenvalue weighted by atomic mass is 10.1. The number of rotatable bonds is 8. The van der Waals surface area contributed by atoms with Gasteiger partial charge in [0.15, 0.2) is 0 Å². The Morgan fingerprint density at radius 3 is 2.65 bits per heavy atom. The highest BCUT2D eigenvalue weighted by Crippen LogP contribution is 2.27. The number of ether oxygens (including phenoxy) is 1. The van der Waals surface area contributed by atoms with E-state index >= 15 is 0 Å². The highest BCUT2D eigenvalue weighted by Gasteiger charge is 2.22. The van der Waals surface area contributed by atoms with Gasteiger partial charge in [-0.25, -0.2) is 0 Å². The van der Waals surface area contributed by atoms with Crippen molar-refractivity contribution < 1.29 is 9.66 Å². The smallest absolute Gasteiger partial charge is 0.270 e. The maximum Gasteiger partial charge on any atom is 0.270 e. The molecule has 1 aliphatic rings. The summed E-state index contributed by atoms with van der Waals surface area (Å²) in [7, 11) is 0. The fourth-order valence-electron chi connectivity index (χ4n) is 2.11. The second-order valence-electron chi connectivity index (χ2n) is 5.26. The molecule has 0 amide bonds. The van der Waals surface area contributed by atoms with E-state index in [9.17, 15) is 10.1 Å². The molecule has 0 aromatic heterocycles. The van der Waals surface area contributed by atoms with Crippen molar-refractivity contribution in [1.82, 2.24) is 5.32 Å². The number of benzene rings is 1. The summed E-state index contributed by atoms with van der Waals surface area (Å²) in [6.07, 6.45) is 4.41. The van der Waals surface area contributed by atoms with E-state index in [2.05, 4.69) is 19.2 Å². The predicted octanol–water partition coefficient (Wildman–Crippen LogP) is 3.41. The van der Waals surface area contributed by atoms with Crippen molar-refractivity contribution in [2.24, 2.45) is 0 Å². The van der Waals surface area contributed by atoms with E-state index in [0.29, 0.717) is 12.6 Å². The van der Waals surface area contributed by atoms with E-state index in [1.807, 2.05) is 0 Å². The Kier molecular flexibility index (Phi) is 4.95. The molecular formula is C15H22N2O3. The first-order valence-electron chi connectivity index (χ1n) is 7.31. The van der Waals surface area contributed by atoms with Gasteiger partial charge in [0, 0.05) is 30.3 Å². The van der Waals surface area contributed by atoms with Crippen LogP contribution in [0.25, 0.3) is 0 Å². The minimum Gasteiger partial charge on any atom is -0.490 e. The van der Waals surface area contributed by atoms with Crippen LogP contribution in [0.4, 0.5) is 5.69 Å². The van der Waals surface area contributed by atoms with E-state index < -0.39 is 0 Å². The number of nitro benzene ring substituents is 1. The molecule has 1 saturated carbocycles. The van der Waals surface area contributed by atoms with E-state index in [0.717, 1.165) is 24.2 Å². The summed E-state index contributed by atoms with van der Waals surface area (Å²) < 4.78 is 5.97. The van der Waals surface area contributed by atoms with Crippen molar-refractivity contribution in [1.29, 1.82) is 0 Å². The first kappa shape index (κ1) is 14.8. The van der Waals surface area contributed by atoms with Crippen LogP contribution in [-0.4, -0.2) is 17.1 Å². The Morgan fingerprint density at radius 2 is 2.10 bits per heavy atom. The summed E-state index contributed by atoms with van der Waals surface area (Å²) in [5.41, 5.74) is 0.993. The number of non-ortho nitro benzene ring substituents is 1. The lowest BCUT2D eigenvalue weighted by Gasteiger charge is -2.18. The predicted molar refractivity (Wildman–Crippen MR) is 78.0 cm³/mol. The standard InChI is InChI=1S/C15H22N2O3/c1-3-14(4-2)20-15-8-7-13(17(18)19)9-11(15)10-16-12-5-6-12/h7-9,12,14,16H,3-6,10H2,1-2H3. The third-order valence-corrected chi connectivity index (χ3v) is 3.62. The zero-order chi connectivity index (χ0) is 14.5. The molecule has 0 heterocycles. The number of nitro groups is 1. The van der Waals surface area contributed by atoms with E-state index in [4.69, 9.17) is 4.74 Å². The largest absolute Gasteiger partial charge is 0.490 e. The Balaban J connectivity index is 2.15. The summed E-state index contributed by atoms with van der Waals surface area (Å²) in [6.45, 7) is 4.80. The summed E-state index contributed by atoms with van der Waals surface area (Å²) in [5, 5.41) is 14.3. The van der Waals surface area contributed by atoms with Crippen LogP contribution in [0, 0.1) is 10.1 Å². The highest BCUT2D eigenvalue weighted by molar-refractivity contribution is 5.44. The molecule has 110 valence electrons. The van der Waals surface area contributed by atoms with Crippen molar-refractivity contribution in [3.63, 3.8) is 0 Å². The molecule has 5 heteroatoms. The molecule has 0 bridgehead atoms. The fourth-order valence-corrected chi connectivity index (χ4v) is 2.11. The highest BCUT2D eigenvalue weighted by atomic mass is 16.6. The number of nitrogens with one attached hydrogen (secondary N) is 1. The Morgan fingerprint density at radius 1 is 1.40 bits per heavy atom. The van der Waals surface area contributed by atoms with Gasteiger partial charge in [0.25, 0.3) is 5.69 Å². The zero-order valence-corrected chi connectivity index (χ0v) is 12.1. The van der Waals surface area contributed by atoms with Gasteiger partial charge in [0.05, 0.1) is 11.0 Å². The molecule has 1 fully saturated rings. The second kappa shape index (κ2) is 6.70. The van der Waals surface area contributed by atoms with Gasteiger partial charge in [-0.2, -0.15) is 0 Å². The van der Waals surface area contributed by atoms with Crippen LogP contribution in [0.15, 0.2) is 18.2 Å². The molecule has 1 aromatic rings. The van der Waals surface area contributed by atoms with Crippen LogP contribution in [0.5, 0.6) is 5.75 Å². The van der Waals surface area contributed by atoms with Crippen LogP contribution in [0.3, 0.4) is 0 Å². The van der Waals surface area contributed by atoms with Crippen LogP contribution in [0.2, 0.25) is 0 Å². The fraction of sp³-hybridized carbons (Fsp3) is 0.600. The molecule has 5 nitrogen and oxygen atoms in total. The number of hydrogen-bond donors (Lipinski definition) is 1. The van der Waals surface area contributed by atoms with Crippen LogP contribution < -0.4 is 10.1 Å². The molecular weight excluding hydrogens is 256 g/mol. The van der Waals surface area contributed by atoms with Crippen molar-refractivity contribution in [3.8, 4) is 5.75 Å². The van der Waals surface area contributed by atoms with Crippen molar-refractivity contribution in [2.75, 3.05) is 0 Å². The maximum atomic E-state index is 10.9. The number of hydrogen-bond acceptors (Lipinski definition) is 4. The van der Waals surface area contributed by atoms with Crippen LogP contribution >= 0.6 is 0 Å². The topological polar surface area (TPSA) is 64.4 Å². The molecule has 0 aliphatic heterocycles. The first-order valence-corrected chi connectivity index (χ1v) is 7.31. The molecule has 0 unspecified atom stereocenters. The Bertz CT molecular complexity index is 468. The molecule has 2 rings (SSSR count). The van der Waals surface area contributed by atoms with Gasteiger partial charge < -0.3 is 10.1 Å². The van der Waals surface area contributed by atoms with Crippen molar-refractivity contribution >= 4 is 5.69 Å². The SMILES string of the molecule is CCC(CC)Oc1ccc([N+](=O)[O-])cc1CNC1CC1. The molecule has 1 N–H and O–H groups in total. The van der Waals surface area contributed by atoms with E-state index in [1.165, 1.54) is 18.9 Å². The molecule has 0 spiro atoms. The molecule has 0 saturated heterocycles. The minimum atomic E-state index is -0.360. The lowest BCUT2D eigenvalue weighted by Crippen LogP contribution is -2.19. The normalized spacial score (nSPS) is 14.6. The molecule has 0 atom stereocenters. The maximum absolute atomic E-state index is 10.9. The van der Waals surface area contributed by atoms with Gasteiger partial charge in [-0.15, -0.1) is 0 Å². The quantitative estimate of drug-likeness (QED) is 0.584. The monoisotopic (exact) mass is 278 g/mol. The third-order valence-electron chi connectivity index (χ3n) is 3.62. The van der Waals surface area contributed by atoms with Gasteiger partial charge >= 0.3 is 0 Å². The summed E-state index contributed by atoms with van der Waals surface area (Å²) in [6, 6.07) is 5.42. The molecule has 20 heavy (non-hydrogen) atoms. The van der Waals surface area contributed by atoms with E-state index in [1.54, 1.807) is 12.1 Å². The first-order chi connectivity index (χ1) is 9.63. The van der Waals surface area contributed by atoms with Gasteiger partial charge in [-0.1, -0.05) is 13.8 Å². The van der Waals surface area contributed by atoms with Gasteiger partial charge in [-0.05, 0) is 31.7 Å². The van der Waals surface area contributed by atoms with Crippen molar-refractivity contribution in [2.45, 2.75) is 58.2 Å². The molecule has 0 radical (unpaired) electrons. The summed E-state index contributed by atoms with van der Waals surface area (Å²) in [5.74, 6) is 0.762. The average molecular weight is 278 g/mol. The lowest BCUT2D eigenvalue weighted by molar-refractivity contribution is -0.384. The summed E-state index contributed by atoms with van der Waals surface area (Å²) in [4.78, 5) is 10.5. The average Bonchev–Trinajstić information content (AvgIpc) is 3.27. The Labute approximate surface area is 119 Å². The molecule has 1 aliphatic carbocycles. The second-order valence-corrected chi connectivity index (χ2v) is 5.26. The zero-order valence-electron chi connectivity index (χ0n) is 12.1. The number of nitrogens with zero attached hydrogens (tertiary/aromatic N) is 1. The van der Waals surface area contributed by atoms with E-state index in [-0.39, 0.29) is 16.7 Å². The van der Waals surface area contributed by atoms with Crippen LogP contribution in [-0.2, 0) is 6.54 Å². The minimum absolute atomic E-state index is 0.120. The third kappa shape index (κ3) is 3.93. The van der Waals surface area contributed by atoms with Gasteiger partial charge in [0.1, 0.15) is 5.75 Å². The van der Waals surface area contributed by atoms with Gasteiger partial charge in [0.2, 0.25) is 0 Å². The summed E-state index contributed by atoms with van der Waals surface area (Å²) >= 11 is 0. The van der Waals surface area contributed by atoms with Crippen LogP contribution in [0.1, 0.15) is 45.1 Å².